The standard InChI is InChI=1S/C16H21NO3/c18-15(13-8-4-5-9-14(13)16(19)20)17-11-10-12-6-2-1-3-7-12/h1-3,6-7,13-14H,4-5,8-11H2,(H,17,18)(H,19,20)/t13-,14+/m0/s1. The molecular weight excluding hydrogens is 254 g/mol. The molecule has 0 radical (unpaired) electrons. The predicted octanol–water partition coefficient (Wildman–Crippen LogP) is 2.24. The van der Waals surface area contributed by atoms with Gasteiger partial charge in [0.05, 0.1) is 11.8 Å². The molecule has 1 amide bonds. The molecule has 2 atom stereocenters. The van der Waals surface area contributed by atoms with Crippen molar-refractivity contribution in [2.45, 2.75) is 32.1 Å². The Kier molecular flexibility index (Phi) is 5.16. The molecule has 20 heavy (non-hydrogen) atoms. The highest BCUT2D eigenvalue weighted by atomic mass is 16.4. The SMILES string of the molecule is O=C(NCCc1ccccc1)[C@H]1CCCC[C@H]1C(=O)O. The van der Waals surface area contributed by atoms with Gasteiger partial charge in [-0.2, -0.15) is 0 Å². The van der Waals surface area contributed by atoms with E-state index in [1.807, 2.05) is 30.3 Å². The van der Waals surface area contributed by atoms with E-state index in [1.165, 1.54) is 5.56 Å². The Morgan fingerprint density at radius 3 is 2.40 bits per heavy atom. The highest BCUT2D eigenvalue weighted by molar-refractivity contribution is 5.84. The smallest absolute Gasteiger partial charge is 0.307 e. The fraction of sp³-hybridized carbons (Fsp3) is 0.500. The predicted molar refractivity (Wildman–Crippen MR) is 76.2 cm³/mol. The minimum atomic E-state index is -0.840. The zero-order valence-electron chi connectivity index (χ0n) is 11.5. The van der Waals surface area contributed by atoms with Gasteiger partial charge in [0, 0.05) is 6.54 Å². The Hall–Kier alpha value is -1.84. The summed E-state index contributed by atoms with van der Waals surface area (Å²) in [5.41, 5.74) is 1.17. The summed E-state index contributed by atoms with van der Waals surface area (Å²) >= 11 is 0. The van der Waals surface area contributed by atoms with Crippen LogP contribution in [0.3, 0.4) is 0 Å². The van der Waals surface area contributed by atoms with Crippen molar-refractivity contribution >= 4 is 11.9 Å². The molecule has 1 saturated carbocycles. The Balaban J connectivity index is 1.83. The zero-order valence-corrected chi connectivity index (χ0v) is 11.5. The lowest BCUT2D eigenvalue weighted by Gasteiger charge is -2.27. The maximum Gasteiger partial charge on any atom is 0.307 e. The molecule has 1 aliphatic rings. The van der Waals surface area contributed by atoms with Crippen molar-refractivity contribution in [3.63, 3.8) is 0 Å². The number of carboxylic acid groups (broad SMARTS) is 1. The van der Waals surface area contributed by atoms with Gasteiger partial charge in [-0.1, -0.05) is 43.2 Å². The summed E-state index contributed by atoms with van der Waals surface area (Å²) < 4.78 is 0. The first kappa shape index (κ1) is 14.6. The van der Waals surface area contributed by atoms with Crippen molar-refractivity contribution in [3.8, 4) is 0 Å². The fourth-order valence-corrected chi connectivity index (χ4v) is 2.85. The van der Waals surface area contributed by atoms with Crippen LogP contribution < -0.4 is 5.32 Å². The van der Waals surface area contributed by atoms with Crippen LogP contribution in [0.5, 0.6) is 0 Å². The van der Waals surface area contributed by atoms with E-state index in [4.69, 9.17) is 0 Å². The summed E-state index contributed by atoms with van der Waals surface area (Å²) in [6.07, 6.45) is 3.93. The largest absolute Gasteiger partial charge is 0.481 e. The molecule has 4 heteroatoms. The molecule has 0 saturated heterocycles. The molecule has 0 spiro atoms. The Morgan fingerprint density at radius 2 is 1.75 bits per heavy atom. The van der Waals surface area contributed by atoms with Crippen LogP contribution in [0, 0.1) is 11.8 Å². The van der Waals surface area contributed by atoms with Crippen LogP contribution in [0.4, 0.5) is 0 Å². The van der Waals surface area contributed by atoms with Crippen molar-refractivity contribution in [2.75, 3.05) is 6.54 Å². The highest BCUT2D eigenvalue weighted by Crippen LogP contribution is 2.30. The third-order valence-corrected chi connectivity index (χ3v) is 3.98. The Labute approximate surface area is 119 Å². The van der Waals surface area contributed by atoms with Gasteiger partial charge in [-0.15, -0.1) is 0 Å². The first-order valence-electron chi connectivity index (χ1n) is 7.23. The topological polar surface area (TPSA) is 66.4 Å². The van der Waals surface area contributed by atoms with Gasteiger partial charge in [0.1, 0.15) is 0 Å². The zero-order chi connectivity index (χ0) is 14.4. The number of carbonyl (C=O) groups is 2. The van der Waals surface area contributed by atoms with Gasteiger partial charge in [-0.3, -0.25) is 9.59 Å². The van der Waals surface area contributed by atoms with Crippen LogP contribution in [0.15, 0.2) is 30.3 Å². The van der Waals surface area contributed by atoms with Crippen LogP contribution in [-0.4, -0.2) is 23.5 Å². The second-order valence-corrected chi connectivity index (χ2v) is 5.36. The molecule has 108 valence electrons. The fourth-order valence-electron chi connectivity index (χ4n) is 2.85. The molecule has 0 bridgehead atoms. The van der Waals surface area contributed by atoms with Crippen LogP contribution in [0.25, 0.3) is 0 Å². The van der Waals surface area contributed by atoms with Gasteiger partial charge in [0.2, 0.25) is 5.91 Å². The van der Waals surface area contributed by atoms with Gasteiger partial charge in [-0.25, -0.2) is 0 Å². The Bertz CT molecular complexity index is 458. The first-order valence-corrected chi connectivity index (χ1v) is 7.23. The third-order valence-electron chi connectivity index (χ3n) is 3.98. The minimum Gasteiger partial charge on any atom is -0.481 e. The molecule has 2 N–H and O–H groups in total. The van der Waals surface area contributed by atoms with Gasteiger partial charge in [-0.05, 0) is 24.8 Å². The van der Waals surface area contributed by atoms with Crippen molar-refractivity contribution < 1.29 is 14.7 Å². The maximum atomic E-state index is 12.1. The van der Waals surface area contributed by atoms with E-state index in [-0.39, 0.29) is 11.8 Å². The normalized spacial score (nSPS) is 22.2. The third kappa shape index (κ3) is 3.83. The average molecular weight is 275 g/mol. The second kappa shape index (κ2) is 7.08. The van der Waals surface area contributed by atoms with E-state index in [1.54, 1.807) is 0 Å². The van der Waals surface area contributed by atoms with Crippen LogP contribution in [0.2, 0.25) is 0 Å². The highest BCUT2D eigenvalue weighted by Gasteiger charge is 2.35. The summed E-state index contributed by atoms with van der Waals surface area (Å²) in [4.78, 5) is 23.3. The van der Waals surface area contributed by atoms with Gasteiger partial charge < -0.3 is 10.4 Å². The number of carboxylic acids is 1. The summed E-state index contributed by atoms with van der Waals surface area (Å²) in [5, 5.41) is 12.1. The van der Waals surface area contributed by atoms with E-state index < -0.39 is 11.9 Å². The number of hydrogen-bond donors (Lipinski definition) is 2. The minimum absolute atomic E-state index is 0.104. The van der Waals surface area contributed by atoms with E-state index in [0.717, 1.165) is 19.3 Å². The van der Waals surface area contributed by atoms with Crippen molar-refractivity contribution in [3.05, 3.63) is 35.9 Å². The molecule has 0 aliphatic heterocycles. The average Bonchev–Trinajstić information content (AvgIpc) is 2.48. The lowest BCUT2D eigenvalue weighted by molar-refractivity contribution is -0.148. The molecular formula is C16H21NO3. The van der Waals surface area contributed by atoms with Crippen molar-refractivity contribution in [1.82, 2.24) is 5.32 Å². The molecule has 1 fully saturated rings. The van der Waals surface area contributed by atoms with E-state index in [9.17, 15) is 14.7 Å². The summed E-state index contributed by atoms with van der Waals surface area (Å²) in [7, 11) is 0. The van der Waals surface area contributed by atoms with Gasteiger partial charge in [0.25, 0.3) is 0 Å². The number of benzene rings is 1. The quantitative estimate of drug-likeness (QED) is 0.866. The lowest BCUT2D eigenvalue weighted by atomic mass is 9.78. The van der Waals surface area contributed by atoms with E-state index in [2.05, 4.69) is 5.32 Å². The molecule has 1 aliphatic carbocycles. The van der Waals surface area contributed by atoms with Gasteiger partial charge >= 0.3 is 5.97 Å². The summed E-state index contributed by atoms with van der Waals surface area (Å²) in [6, 6.07) is 9.94. The number of amides is 1. The molecule has 0 unspecified atom stereocenters. The number of nitrogens with one attached hydrogen (secondary N) is 1. The molecule has 4 nitrogen and oxygen atoms in total. The molecule has 0 aromatic heterocycles. The molecule has 0 heterocycles. The van der Waals surface area contributed by atoms with E-state index in [0.29, 0.717) is 19.4 Å². The number of carbonyl (C=O) groups excluding carboxylic acids is 1. The molecule has 2 rings (SSSR count). The Morgan fingerprint density at radius 1 is 1.10 bits per heavy atom. The number of aliphatic carboxylic acids is 1. The lowest BCUT2D eigenvalue weighted by Crippen LogP contribution is -2.40. The van der Waals surface area contributed by atoms with Crippen LogP contribution in [-0.2, 0) is 16.0 Å². The molecule has 1 aromatic carbocycles. The monoisotopic (exact) mass is 275 g/mol. The van der Waals surface area contributed by atoms with Crippen molar-refractivity contribution in [2.24, 2.45) is 11.8 Å². The van der Waals surface area contributed by atoms with Crippen molar-refractivity contribution in [1.29, 1.82) is 0 Å². The van der Waals surface area contributed by atoms with Crippen LogP contribution in [0.1, 0.15) is 31.2 Å². The summed E-state index contributed by atoms with van der Waals surface area (Å²) in [5.74, 6) is -1.82. The second-order valence-electron chi connectivity index (χ2n) is 5.36. The number of rotatable bonds is 5. The van der Waals surface area contributed by atoms with E-state index >= 15 is 0 Å². The summed E-state index contributed by atoms with van der Waals surface area (Å²) in [6.45, 7) is 0.561. The maximum absolute atomic E-state index is 12.1. The van der Waals surface area contributed by atoms with Crippen LogP contribution >= 0.6 is 0 Å². The van der Waals surface area contributed by atoms with Gasteiger partial charge in [0.15, 0.2) is 0 Å². The first-order chi connectivity index (χ1) is 9.68. The molecule has 1 aromatic rings. The number of hydrogen-bond acceptors (Lipinski definition) is 2.